The van der Waals surface area contributed by atoms with E-state index in [0.717, 1.165) is 44.6 Å². The summed E-state index contributed by atoms with van der Waals surface area (Å²) in [6, 6.07) is 8.09. The van der Waals surface area contributed by atoms with Crippen LogP contribution in [0.25, 0.3) is 11.4 Å². The van der Waals surface area contributed by atoms with E-state index in [4.69, 9.17) is 9.26 Å². The number of likely N-dealkylation sites (tertiary alicyclic amines) is 1. The van der Waals surface area contributed by atoms with E-state index < -0.39 is 0 Å². The topological polar surface area (TPSA) is 71.7 Å². The molecule has 2 aliphatic rings. The summed E-state index contributed by atoms with van der Waals surface area (Å²) in [5.41, 5.74) is 2.14. The zero-order valence-electron chi connectivity index (χ0n) is 15.8. The van der Waals surface area contributed by atoms with Gasteiger partial charge in [-0.1, -0.05) is 28.9 Å². The van der Waals surface area contributed by atoms with Crippen LogP contribution in [0, 0.1) is 12.8 Å². The van der Waals surface area contributed by atoms with Gasteiger partial charge in [0.15, 0.2) is 0 Å². The number of carbonyl (C=O) groups excluding carboxylic acids is 1. The molecule has 1 aromatic heterocycles. The normalized spacial score (nSPS) is 19.4. The number of aryl methyl sites for hydroxylation is 1. The monoisotopic (exact) mass is 370 g/mol. The second-order valence-corrected chi connectivity index (χ2v) is 7.37. The van der Waals surface area contributed by atoms with Crippen molar-refractivity contribution in [1.29, 1.82) is 0 Å². The maximum absolute atomic E-state index is 12.6. The molecule has 7 heteroatoms. The minimum Gasteiger partial charge on any atom is -0.378 e. The third-order valence-corrected chi connectivity index (χ3v) is 5.36. The van der Waals surface area contributed by atoms with Crippen molar-refractivity contribution in [2.75, 3.05) is 39.4 Å². The number of hydrogen-bond acceptors (Lipinski definition) is 6. The van der Waals surface area contributed by atoms with Crippen LogP contribution in [0.3, 0.4) is 0 Å². The van der Waals surface area contributed by atoms with Crippen LogP contribution in [-0.2, 0) is 16.1 Å². The van der Waals surface area contributed by atoms with E-state index in [9.17, 15) is 4.79 Å². The molecule has 2 saturated heterocycles. The molecule has 0 N–H and O–H groups in total. The molecule has 2 aliphatic heterocycles. The third kappa shape index (κ3) is 4.36. The average molecular weight is 370 g/mol. The first-order chi connectivity index (χ1) is 13.2. The lowest BCUT2D eigenvalue weighted by atomic mass is 9.95. The lowest BCUT2D eigenvalue weighted by Crippen LogP contribution is -2.46. The number of nitrogens with zero attached hydrogens (tertiary/aromatic N) is 4. The van der Waals surface area contributed by atoms with Gasteiger partial charge in [-0.05, 0) is 38.9 Å². The Kier molecular flexibility index (Phi) is 5.50. The summed E-state index contributed by atoms with van der Waals surface area (Å²) in [5, 5.41) is 4.11. The van der Waals surface area contributed by atoms with Crippen LogP contribution in [0.15, 0.2) is 28.8 Å². The van der Waals surface area contributed by atoms with Gasteiger partial charge < -0.3 is 14.2 Å². The number of carbonyl (C=O) groups is 1. The van der Waals surface area contributed by atoms with Gasteiger partial charge in [0, 0.05) is 24.6 Å². The van der Waals surface area contributed by atoms with Crippen LogP contribution >= 0.6 is 0 Å². The summed E-state index contributed by atoms with van der Waals surface area (Å²) >= 11 is 0. The molecule has 7 nitrogen and oxygen atoms in total. The van der Waals surface area contributed by atoms with Gasteiger partial charge in [0.1, 0.15) is 0 Å². The number of rotatable bonds is 4. The molecular formula is C20H26N4O3. The maximum Gasteiger partial charge on any atom is 0.241 e. The van der Waals surface area contributed by atoms with Crippen molar-refractivity contribution in [2.24, 2.45) is 5.92 Å². The van der Waals surface area contributed by atoms with E-state index in [1.165, 1.54) is 5.56 Å². The fraction of sp³-hybridized carbons (Fsp3) is 0.550. The Morgan fingerprint density at radius 3 is 2.70 bits per heavy atom. The van der Waals surface area contributed by atoms with Gasteiger partial charge in [-0.25, -0.2) is 0 Å². The zero-order chi connectivity index (χ0) is 18.6. The standard InChI is InChI=1S/C20H26N4O3/c1-15-3-2-4-17(13-15)19-21-18(27-22-19)14-23-7-5-16(6-8-23)20(25)24-9-11-26-12-10-24/h2-4,13,16H,5-12,14H2,1H3. The number of amides is 1. The molecule has 0 spiro atoms. The summed E-state index contributed by atoms with van der Waals surface area (Å²) in [6.07, 6.45) is 1.77. The van der Waals surface area contributed by atoms with Crippen molar-refractivity contribution in [3.63, 3.8) is 0 Å². The summed E-state index contributed by atoms with van der Waals surface area (Å²) < 4.78 is 10.8. The van der Waals surface area contributed by atoms with Crippen LogP contribution in [-0.4, -0.2) is 65.2 Å². The molecule has 1 aromatic carbocycles. The van der Waals surface area contributed by atoms with E-state index in [-0.39, 0.29) is 11.8 Å². The Bertz CT molecular complexity index is 777. The third-order valence-electron chi connectivity index (χ3n) is 5.36. The van der Waals surface area contributed by atoms with Gasteiger partial charge in [-0.15, -0.1) is 0 Å². The first-order valence-corrected chi connectivity index (χ1v) is 9.67. The highest BCUT2D eigenvalue weighted by molar-refractivity contribution is 5.79. The minimum absolute atomic E-state index is 0.130. The molecule has 1 amide bonds. The van der Waals surface area contributed by atoms with Crippen LogP contribution in [0.4, 0.5) is 0 Å². The number of hydrogen-bond donors (Lipinski definition) is 0. The van der Waals surface area contributed by atoms with Crippen molar-refractivity contribution in [2.45, 2.75) is 26.3 Å². The molecule has 0 saturated carbocycles. The summed E-state index contributed by atoms with van der Waals surface area (Å²) in [7, 11) is 0. The van der Waals surface area contributed by atoms with Crippen molar-refractivity contribution < 1.29 is 14.1 Å². The summed E-state index contributed by atoms with van der Waals surface area (Å²) in [4.78, 5) is 21.4. The zero-order valence-corrected chi connectivity index (χ0v) is 15.8. The van der Waals surface area contributed by atoms with Gasteiger partial charge in [-0.3, -0.25) is 9.69 Å². The molecule has 2 fully saturated rings. The average Bonchev–Trinajstić information content (AvgIpc) is 3.17. The molecule has 27 heavy (non-hydrogen) atoms. The molecule has 0 atom stereocenters. The lowest BCUT2D eigenvalue weighted by molar-refractivity contribution is -0.141. The fourth-order valence-corrected chi connectivity index (χ4v) is 3.79. The van der Waals surface area contributed by atoms with Crippen molar-refractivity contribution >= 4 is 5.91 Å². The molecule has 0 aliphatic carbocycles. The Labute approximate surface area is 159 Å². The van der Waals surface area contributed by atoms with Crippen LogP contribution in [0.5, 0.6) is 0 Å². The van der Waals surface area contributed by atoms with Crippen LogP contribution in [0.2, 0.25) is 0 Å². The number of piperidine rings is 1. The van der Waals surface area contributed by atoms with Gasteiger partial charge in [-0.2, -0.15) is 4.98 Å². The van der Waals surface area contributed by atoms with E-state index in [1.807, 2.05) is 30.0 Å². The van der Waals surface area contributed by atoms with Gasteiger partial charge >= 0.3 is 0 Å². The Hall–Kier alpha value is -2.25. The van der Waals surface area contributed by atoms with E-state index >= 15 is 0 Å². The Morgan fingerprint density at radius 2 is 1.96 bits per heavy atom. The second kappa shape index (κ2) is 8.19. The van der Waals surface area contributed by atoms with Crippen molar-refractivity contribution in [3.05, 3.63) is 35.7 Å². The molecular weight excluding hydrogens is 344 g/mol. The molecule has 2 aromatic rings. The summed E-state index contributed by atoms with van der Waals surface area (Å²) in [5.74, 6) is 1.68. The van der Waals surface area contributed by atoms with Gasteiger partial charge in [0.2, 0.25) is 17.6 Å². The highest BCUT2D eigenvalue weighted by atomic mass is 16.5. The minimum atomic E-state index is 0.130. The second-order valence-electron chi connectivity index (χ2n) is 7.37. The SMILES string of the molecule is Cc1cccc(-c2noc(CN3CCC(C(=O)N4CCOCC4)CC3)n2)c1. The molecule has 144 valence electrons. The number of ether oxygens (including phenoxy) is 1. The Balaban J connectivity index is 1.30. The smallest absolute Gasteiger partial charge is 0.241 e. The molecule has 0 radical (unpaired) electrons. The first kappa shape index (κ1) is 18.1. The predicted molar refractivity (Wildman–Crippen MR) is 99.9 cm³/mol. The van der Waals surface area contributed by atoms with Crippen LogP contribution < -0.4 is 0 Å². The van der Waals surface area contributed by atoms with Gasteiger partial charge in [0.05, 0.1) is 19.8 Å². The Morgan fingerprint density at radius 1 is 1.19 bits per heavy atom. The largest absolute Gasteiger partial charge is 0.378 e. The maximum atomic E-state index is 12.6. The quantitative estimate of drug-likeness (QED) is 0.821. The molecule has 0 unspecified atom stereocenters. The first-order valence-electron chi connectivity index (χ1n) is 9.67. The fourth-order valence-electron chi connectivity index (χ4n) is 3.79. The lowest BCUT2D eigenvalue weighted by Gasteiger charge is -2.35. The van der Waals surface area contributed by atoms with Gasteiger partial charge in [0.25, 0.3) is 0 Å². The highest BCUT2D eigenvalue weighted by Gasteiger charge is 2.29. The highest BCUT2D eigenvalue weighted by Crippen LogP contribution is 2.22. The van der Waals surface area contributed by atoms with E-state index in [0.29, 0.717) is 31.5 Å². The summed E-state index contributed by atoms with van der Waals surface area (Å²) in [6.45, 7) is 7.21. The molecule has 0 bridgehead atoms. The van der Waals surface area contributed by atoms with Crippen LogP contribution in [0.1, 0.15) is 24.3 Å². The van der Waals surface area contributed by atoms with E-state index in [2.05, 4.69) is 21.1 Å². The molecule has 3 heterocycles. The van der Waals surface area contributed by atoms with Crippen molar-refractivity contribution in [1.82, 2.24) is 19.9 Å². The predicted octanol–water partition coefficient (Wildman–Crippen LogP) is 2.12. The number of benzene rings is 1. The number of aromatic nitrogens is 2. The van der Waals surface area contributed by atoms with Crippen molar-refractivity contribution in [3.8, 4) is 11.4 Å². The molecule has 4 rings (SSSR count). The number of morpholine rings is 1. The van der Waals surface area contributed by atoms with E-state index in [1.54, 1.807) is 0 Å².